The van der Waals surface area contributed by atoms with Crippen LogP contribution in [-0.4, -0.2) is 24.6 Å². The molecule has 0 radical (unpaired) electrons. The first kappa shape index (κ1) is 13.2. The minimum atomic E-state index is -0.717. The molecular weight excluding hydrogens is 234 g/mol. The lowest BCUT2D eigenvalue weighted by Gasteiger charge is -2.32. The Morgan fingerprint density at radius 2 is 1.72 bits per heavy atom. The van der Waals surface area contributed by atoms with E-state index in [2.05, 4.69) is 0 Å². The molecule has 2 rings (SSSR count). The minimum Gasteiger partial charge on any atom is -0.399 e. The zero-order chi connectivity index (χ0) is 13.6. The van der Waals surface area contributed by atoms with E-state index >= 15 is 0 Å². The van der Waals surface area contributed by atoms with Crippen molar-refractivity contribution < 1.29 is 18.5 Å². The highest BCUT2D eigenvalue weighted by atomic mass is 19.1. The van der Waals surface area contributed by atoms with Gasteiger partial charge in [0.25, 0.3) is 0 Å². The zero-order valence-electron chi connectivity index (χ0n) is 11.0. The van der Waals surface area contributed by atoms with E-state index in [1.54, 1.807) is 0 Å². The average Bonchev–Trinajstić information content (AvgIpc) is 2.48. The van der Waals surface area contributed by atoms with Crippen molar-refractivity contribution in [3.63, 3.8) is 0 Å². The summed E-state index contributed by atoms with van der Waals surface area (Å²) in [5.74, 6) is -0.412. The van der Waals surface area contributed by atoms with Crippen molar-refractivity contribution in [1.82, 2.24) is 0 Å². The van der Waals surface area contributed by atoms with Gasteiger partial charge in [0, 0.05) is 5.56 Å². The molecule has 0 N–H and O–H groups in total. The maximum absolute atomic E-state index is 13.3. The van der Waals surface area contributed by atoms with Gasteiger partial charge in [-0.05, 0) is 51.4 Å². The Balaban J connectivity index is 2.40. The molecule has 1 heterocycles. The molecule has 0 spiro atoms. The Morgan fingerprint density at radius 1 is 1.17 bits per heavy atom. The smallest absolute Gasteiger partial charge is 0.399 e. The highest BCUT2D eigenvalue weighted by molar-refractivity contribution is 6.63. The quantitative estimate of drug-likeness (QED) is 0.594. The molecule has 0 saturated carbocycles. The van der Waals surface area contributed by atoms with Gasteiger partial charge in [0.1, 0.15) is 12.1 Å². The van der Waals surface area contributed by atoms with E-state index in [1.165, 1.54) is 18.2 Å². The summed E-state index contributed by atoms with van der Waals surface area (Å²) in [6, 6.07) is 3.97. The largest absolute Gasteiger partial charge is 0.495 e. The Labute approximate surface area is 106 Å². The molecule has 0 atom stereocenters. The summed E-state index contributed by atoms with van der Waals surface area (Å²) in [7, 11) is -0.717. The third-order valence-corrected chi connectivity index (χ3v) is 3.68. The summed E-state index contributed by atoms with van der Waals surface area (Å²) in [6.07, 6.45) is 0.680. The van der Waals surface area contributed by atoms with Crippen molar-refractivity contribution in [1.29, 1.82) is 0 Å². The molecule has 1 aliphatic heterocycles. The third-order valence-electron chi connectivity index (χ3n) is 3.68. The molecule has 1 saturated heterocycles. The fraction of sp³-hybridized carbons (Fsp3) is 0.462. The number of carbonyl (C=O) groups is 1. The molecule has 0 aliphatic carbocycles. The lowest BCUT2D eigenvalue weighted by molar-refractivity contribution is 0.00578. The second-order valence-corrected chi connectivity index (χ2v) is 5.48. The molecule has 3 nitrogen and oxygen atoms in total. The number of rotatable bonds is 2. The number of benzene rings is 1. The number of hydrogen-bond acceptors (Lipinski definition) is 3. The maximum Gasteiger partial charge on any atom is 0.495 e. The van der Waals surface area contributed by atoms with Gasteiger partial charge in [-0.2, -0.15) is 0 Å². The molecule has 96 valence electrons. The van der Waals surface area contributed by atoms with Crippen LogP contribution in [0.15, 0.2) is 18.2 Å². The van der Waals surface area contributed by atoms with Gasteiger partial charge in [-0.15, -0.1) is 0 Å². The van der Waals surface area contributed by atoms with Gasteiger partial charge in [0.15, 0.2) is 0 Å². The third kappa shape index (κ3) is 2.08. The van der Waals surface area contributed by atoms with Gasteiger partial charge in [-0.3, -0.25) is 4.79 Å². The van der Waals surface area contributed by atoms with Crippen molar-refractivity contribution in [3.05, 3.63) is 29.6 Å². The summed E-state index contributed by atoms with van der Waals surface area (Å²) in [6.45, 7) is 7.64. The average molecular weight is 250 g/mol. The molecule has 1 aliphatic rings. The molecule has 1 fully saturated rings. The predicted molar refractivity (Wildman–Crippen MR) is 67.5 cm³/mol. The van der Waals surface area contributed by atoms with Crippen molar-refractivity contribution in [2.45, 2.75) is 38.9 Å². The van der Waals surface area contributed by atoms with Crippen LogP contribution in [0.2, 0.25) is 0 Å². The van der Waals surface area contributed by atoms with Crippen LogP contribution in [0.5, 0.6) is 0 Å². The summed E-state index contributed by atoms with van der Waals surface area (Å²) in [4.78, 5) is 11.0. The van der Waals surface area contributed by atoms with E-state index in [0.29, 0.717) is 17.3 Å². The van der Waals surface area contributed by atoms with Gasteiger partial charge in [0.05, 0.1) is 11.2 Å². The highest BCUT2D eigenvalue weighted by Crippen LogP contribution is 2.36. The molecule has 18 heavy (non-hydrogen) atoms. The fourth-order valence-electron chi connectivity index (χ4n) is 1.83. The molecule has 0 bridgehead atoms. The fourth-order valence-corrected chi connectivity index (χ4v) is 1.83. The van der Waals surface area contributed by atoms with E-state index in [-0.39, 0.29) is 0 Å². The second-order valence-electron chi connectivity index (χ2n) is 5.48. The summed E-state index contributed by atoms with van der Waals surface area (Å²) >= 11 is 0. The van der Waals surface area contributed by atoms with Crippen molar-refractivity contribution in [3.8, 4) is 0 Å². The number of hydrogen-bond donors (Lipinski definition) is 0. The minimum absolute atomic E-state index is 0.384. The molecule has 0 aromatic heterocycles. The highest BCUT2D eigenvalue weighted by Gasteiger charge is 2.52. The molecular formula is C13H16BFO3. The van der Waals surface area contributed by atoms with Crippen molar-refractivity contribution in [2.75, 3.05) is 0 Å². The zero-order valence-corrected chi connectivity index (χ0v) is 11.0. The van der Waals surface area contributed by atoms with E-state index in [1.807, 2.05) is 27.7 Å². The standard InChI is InChI=1S/C13H16BFO3/c1-12(2)13(3,4)18-14(17-12)11-7-10(15)6-5-9(11)8-16/h5-8H,1-4H3. The lowest BCUT2D eigenvalue weighted by atomic mass is 9.76. The molecule has 1 aromatic rings. The van der Waals surface area contributed by atoms with Crippen LogP contribution in [0.4, 0.5) is 4.39 Å². The van der Waals surface area contributed by atoms with Crippen LogP contribution in [0.3, 0.4) is 0 Å². The van der Waals surface area contributed by atoms with Crippen LogP contribution >= 0.6 is 0 Å². The molecule has 1 aromatic carbocycles. The van der Waals surface area contributed by atoms with Crippen LogP contribution in [0, 0.1) is 5.82 Å². The van der Waals surface area contributed by atoms with Crippen LogP contribution in [-0.2, 0) is 9.31 Å². The van der Waals surface area contributed by atoms with Gasteiger partial charge < -0.3 is 9.31 Å². The second kappa shape index (κ2) is 4.18. The van der Waals surface area contributed by atoms with E-state index in [9.17, 15) is 9.18 Å². The topological polar surface area (TPSA) is 35.5 Å². The first-order chi connectivity index (χ1) is 8.27. The van der Waals surface area contributed by atoms with E-state index < -0.39 is 24.1 Å². The summed E-state index contributed by atoms with van der Waals surface area (Å²) < 4.78 is 24.9. The van der Waals surface area contributed by atoms with Gasteiger partial charge in [-0.1, -0.05) is 0 Å². The van der Waals surface area contributed by atoms with Crippen molar-refractivity contribution in [2.24, 2.45) is 0 Å². The first-order valence-corrected chi connectivity index (χ1v) is 5.87. The summed E-state index contributed by atoms with van der Waals surface area (Å²) in [5.41, 5.74) is -0.201. The molecule has 0 amide bonds. The number of carbonyl (C=O) groups excluding carboxylic acids is 1. The lowest BCUT2D eigenvalue weighted by Crippen LogP contribution is -2.41. The predicted octanol–water partition coefficient (Wildman–Crippen LogP) is 1.94. The van der Waals surface area contributed by atoms with Gasteiger partial charge in [-0.25, -0.2) is 4.39 Å². The SMILES string of the molecule is CC1(C)OB(c2cc(F)ccc2C=O)OC1(C)C. The Hall–Kier alpha value is -1.20. The van der Waals surface area contributed by atoms with Crippen molar-refractivity contribution >= 4 is 18.9 Å². The Kier molecular flexibility index (Phi) is 3.07. The maximum atomic E-state index is 13.3. The molecule has 0 unspecified atom stereocenters. The van der Waals surface area contributed by atoms with Gasteiger partial charge >= 0.3 is 7.12 Å². The Morgan fingerprint density at radius 3 is 2.22 bits per heavy atom. The number of halogens is 1. The summed E-state index contributed by atoms with van der Waals surface area (Å²) in [5, 5.41) is 0. The monoisotopic (exact) mass is 250 g/mol. The van der Waals surface area contributed by atoms with Crippen LogP contribution in [0.1, 0.15) is 38.1 Å². The van der Waals surface area contributed by atoms with Crippen LogP contribution in [0.25, 0.3) is 0 Å². The van der Waals surface area contributed by atoms with E-state index in [0.717, 1.165) is 0 Å². The Bertz CT molecular complexity index is 469. The number of aldehydes is 1. The van der Waals surface area contributed by atoms with Crippen LogP contribution < -0.4 is 5.46 Å². The van der Waals surface area contributed by atoms with Gasteiger partial charge in [0.2, 0.25) is 0 Å². The van der Waals surface area contributed by atoms with E-state index in [4.69, 9.17) is 9.31 Å². The normalized spacial score (nSPS) is 21.1. The molecule has 5 heteroatoms. The first-order valence-electron chi connectivity index (χ1n) is 5.87.